The summed E-state index contributed by atoms with van der Waals surface area (Å²) in [5.41, 5.74) is 0.697. The first-order valence-electron chi connectivity index (χ1n) is 8.32. The van der Waals surface area contributed by atoms with Crippen LogP contribution < -0.4 is 14.4 Å². The van der Waals surface area contributed by atoms with Gasteiger partial charge in [0.05, 0.1) is 23.4 Å². The Bertz CT molecular complexity index is 790. The number of hydrogen-bond acceptors (Lipinski definition) is 5. The lowest BCUT2D eigenvalue weighted by atomic mass is 10.2. The van der Waals surface area contributed by atoms with E-state index in [9.17, 15) is 8.42 Å². The van der Waals surface area contributed by atoms with Gasteiger partial charge in [-0.2, -0.15) is 0 Å². The molecule has 0 spiro atoms. The van der Waals surface area contributed by atoms with Crippen LogP contribution in [0.3, 0.4) is 0 Å². The van der Waals surface area contributed by atoms with Gasteiger partial charge in [-0.1, -0.05) is 25.1 Å². The van der Waals surface area contributed by atoms with E-state index in [2.05, 4.69) is 0 Å². The summed E-state index contributed by atoms with van der Waals surface area (Å²) < 4.78 is 35.9. The van der Waals surface area contributed by atoms with Crippen molar-refractivity contribution in [2.45, 2.75) is 31.9 Å². The molecule has 0 bridgehead atoms. The number of nitrogens with zero attached hydrogens (tertiary/aromatic N) is 1. The molecule has 0 saturated heterocycles. The van der Waals surface area contributed by atoms with Gasteiger partial charge in [-0.05, 0) is 44.2 Å². The van der Waals surface area contributed by atoms with Gasteiger partial charge in [0.25, 0.3) is 0 Å². The summed E-state index contributed by atoms with van der Waals surface area (Å²) in [4.78, 5) is 2.26. The Morgan fingerprint density at radius 1 is 1.08 bits per heavy atom. The molecule has 0 aliphatic carbocycles. The summed E-state index contributed by atoms with van der Waals surface area (Å²) in [6.07, 6.45) is -0.291. The van der Waals surface area contributed by atoms with E-state index in [0.717, 1.165) is 5.75 Å². The molecule has 0 N–H and O–H groups in total. The highest BCUT2D eigenvalue weighted by molar-refractivity contribution is 7.91. The molecule has 0 aliphatic rings. The summed E-state index contributed by atoms with van der Waals surface area (Å²) in [7, 11) is -1.72. The Morgan fingerprint density at radius 3 is 2.32 bits per heavy atom. The van der Waals surface area contributed by atoms with Gasteiger partial charge in [0, 0.05) is 6.54 Å². The maximum Gasteiger partial charge on any atom is 0.178 e. The van der Waals surface area contributed by atoms with Crippen LogP contribution in [-0.2, 0) is 9.84 Å². The van der Waals surface area contributed by atoms with Crippen LogP contribution in [0.15, 0.2) is 53.4 Å². The minimum absolute atomic E-state index is 0.0565. The van der Waals surface area contributed by atoms with E-state index in [1.165, 1.54) is 0 Å². The lowest BCUT2D eigenvalue weighted by molar-refractivity contribution is 0.215. The van der Waals surface area contributed by atoms with Gasteiger partial charge in [-0.15, -0.1) is 0 Å². The number of ether oxygens (including phenoxy) is 2. The minimum atomic E-state index is -3.30. The summed E-state index contributed by atoms with van der Waals surface area (Å²) in [5, 5.41) is 0. The Hall–Kier alpha value is -2.21. The van der Waals surface area contributed by atoms with E-state index >= 15 is 0 Å². The largest absolute Gasteiger partial charge is 0.495 e. The summed E-state index contributed by atoms with van der Waals surface area (Å²) in [6, 6.07) is 14.5. The van der Waals surface area contributed by atoms with Crippen molar-refractivity contribution in [3.05, 3.63) is 48.5 Å². The molecule has 0 saturated carbocycles. The normalized spacial score (nSPS) is 12.5. The van der Waals surface area contributed by atoms with E-state index in [4.69, 9.17) is 9.47 Å². The van der Waals surface area contributed by atoms with Crippen molar-refractivity contribution in [1.29, 1.82) is 0 Å². The van der Waals surface area contributed by atoms with Crippen LogP contribution in [0.1, 0.15) is 20.8 Å². The van der Waals surface area contributed by atoms with Crippen LogP contribution in [0.4, 0.5) is 5.69 Å². The lowest BCUT2D eigenvalue weighted by Gasteiger charge is -2.31. The van der Waals surface area contributed by atoms with Gasteiger partial charge in [0.15, 0.2) is 16.1 Å². The van der Waals surface area contributed by atoms with Gasteiger partial charge in [0.1, 0.15) is 11.5 Å². The van der Waals surface area contributed by atoms with Gasteiger partial charge >= 0.3 is 0 Å². The molecule has 0 heterocycles. The SMILES string of the molecule is CCN(c1cc(S(=O)(=O)CC)ccc1OC)C(C)Oc1ccccc1. The zero-order chi connectivity index (χ0) is 18.4. The average molecular weight is 363 g/mol. The molecule has 1 atom stereocenters. The van der Waals surface area contributed by atoms with Crippen LogP contribution in [0.5, 0.6) is 11.5 Å². The zero-order valence-electron chi connectivity index (χ0n) is 15.1. The molecule has 2 aromatic rings. The highest BCUT2D eigenvalue weighted by atomic mass is 32.2. The van der Waals surface area contributed by atoms with Gasteiger partial charge in [-0.25, -0.2) is 8.42 Å². The van der Waals surface area contributed by atoms with E-state index < -0.39 is 9.84 Å². The minimum Gasteiger partial charge on any atom is -0.495 e. The lowest BCUT2D eigenvalue weighted by Crippen LogP contribution is -2.37. The molecule has 0 radical (unpaired) electrons. The Kier molecular flexibility index (Phi) is 6.31. The van der Waals surface area contributed by atoms with Gasteiger partial charge in [0.2, 0.25) is 0 Å². The van der Waals surface area contributed by atoms with Crippen molar-refractivity contribution in [2.24, 2.45) is 0 Å². The van der Waals surface area contributed by atoms with Crippen molar-refractivity contribution in [1.82, 2.24) is 0 Å². The Morgan fingerprint density at radius 2 is 1.76 bits per heavy atom. The van der Waals surface area contributed by atoms with Crippen molar-refractivity contribution in [2.75, 3.05) is 24.3 Å². The molecule has 0 aliphatic heterocycles. The summed E-state index contributed by atoms with van der Waals surface area (Å²) >= 11 is 0. The molecule has 6 heteroatoms. The van der Waals surface area contributed by atoms with Crippen molar-refractivity contribution < 1.29 is 17.9 Å². The molecule has 1 unspecified atom stereocenters. The molecule has 0 aromatic heterocycles. The number of rotatable bonds is 8. The predicted octanol–water partition coefficient (Wildman–Crippen LogP) is 3.74. The number of hydrogen-bond donors (Lipinski definition) is 0. The standard InChI is InChI=1S/C19H25NO4S/c1-5-20(15(3)24-16-10-8-7-9-11-16)18-14-17(25(21,22)6-2)12-13-19(18)23-4/h7-15H,5-6H2,1-4H3. The molecule has 2 aromatic carbocycles. The maximum absolute atomic E-state index is 12.2. The third-order valence-electron chi connectivity index (χ3n) is 4.03. The quantitative estimate of drug-likeness (QED) is 0.669. The predicted molar refractivity (Wildman–Crippen MR) is 100 cm³/mol. The molecule has 25 heavy (non-hydrogen) atoms. The third-order valence-corrected chi connectivity index (χ3v) is 5.76. The molecule has 136 valence electrons. The fraction of sp³-hybridized carbons (Fsp3) is 0.368. The topological polar surface area (TPSA) is 55.8 Å². The molecular weight excluding hydrogens is 338 g/mol. The number of methoxy groups -OCH3 is 1. The fourth-order valence-electron chi connectivity index (χ4n) is 2.64. The van der Waals surface area contributed by atoms with Crippen LogP contribution in [0.25, 0.3) is 0 Å². The van der Waals surface area contributed by atoms with Crippen molar-refractivity contribution in [3.63, 3.8) is 0 Å². The van der Waals surface area contributed by atoms with E-state index in [1.54, 1.807) is 32.2 Å². The van der Waals surface area contributed by atoms with Gasteiger partial charge < -0.3 is 14.4 Å². The second kappa shape index (κ2) is 8.25. The first kappa shape index (κ1) is 19.1. The first-order chi connectivity index (χ1) is 11.9. The third kappa shape index (κ3) is 4.45. The average Bonchev–Trinajstić information content (AvgIpc) is 2.63. The molecule has 0 fully saturated rings. The Balaban J connectivity index is 2.39. The highest BCUT2D eigenvalue weighted by Crippen LogP contribution is 2.33. The van der Waals surface area contributed by atoms with Crippen LogP contribution >= 0.6 is 0 Å². The Labute approximate surface area is 150 Å². The summed E-state index contributed by atoms with van der Waals surface area (Å²) in [6.45, 7) is 6.19. The zero-order valence-corrected chi connectivity index (χ0v) is 15.9. The summed E-state index contributed by atoms with van der Waals surface area (Å²) in [5.74, 6) is 1.42. The second-order valence-corrected chi connectivity index (χ2v) is 7.83. The fourth-order valence-corrected chi connectivity index (χ4v) is 3.54. The van der Waals surface area contributed by atoms with E-state index in [-0.39, 0.29) is 16.9 Å². The van der Waals surface area contributed by atoms with Crippen molar-refractivity contribution in [3.8, 4) is 11.5 Å². The van der Waals surface area contributed by atoms with Gasteiger partial charge in [-0.3, -0.25) is 0 Å². The maximum atomic E-state index is 12.2. The van der Waals surface area contributed by atoms with E-state index in [1.807, 2.05) is 49.1 Å². The van der Waals surface area contributed by atoms with Crippen molar-refractivity contribution >= 4 is 15.5 Å². The number of anilines is 1. The number of sulfone groups is 1. The molecule has 0 amide bonds. The number of para-hydroxylation sites is 1. The molecule has 5 nitrogen and oxygen atoms in total. The second-order valence-electron chi connectivity index (χ2n) is 5.55. The van der Waals surface area contributed by atoms with E-state index in [0.29, 0.717) is 18.0 Å². The molecular formula is C19H25NO4S. The van der Waals surface area contributed by atoms with Crippen LogP contribution in [0, 0.1) is 0 Å². The first-order valence-corrected chi connectivity index (χ1v) is 9.97. The smallest absolute Gasteiger partial charge is 0.178 e. The molecule has 2 rings (SSSR count). The van der Waals surface area contributed by atoms with Crippen LogP contribution in [0.2, 0.25) is 0 Å². The monoisotopic (exact) mass is 363 g/mol. The number of benzene rings is 2. The van der Waals surface area contributed by atoms with Crippen LogP contribution in [-0.4, -0.2) is 34.1 Å². The highest BCUT2D eigenvalue weighted by Gasteiger charge is 2.21.